The van der Waals surface area contributed by atoms with Crippen molar-refractivity contribution in [2.24, 2.45) is 0 Å². The van der Waals surface area contributed by atoms with Crippen LogP contribution >= 0.6 is 7.60 Å². The van der Waals surface area contributed by atoms with Gasteiger partial charge in [0.25, 0.3) is 0 Å². The number of hydrogen-bond acceptors (Lipinski definition) is 4. The maximum absolute atomic E-state index is 11.3. The average molecular weight is 224 g/mol. The van der Waals surface area contributed by atoms with E-state index in [1.165, 1.54) is 6.92 Å². The zero-order valence-electron chi connectivity index (χ0n) is 8.73. The average Bonchev–Trinajstić information content (AvgIpc) is 2.02. The maximum Gasteiger partial charge on any atom is 0.331 e. The van der Waals surface area contributed by atoms with E-state index in [4.69, 9.17) is 4.52 Å². The molecule has 14 heavy (non-hydrogen) atoms. The Labute approximate surface area is 83.9 Å². The summed E-state index contributed by atoms with van der Waals surface area (Å²) in [6.07, 6.45) is 0.248. The van der Waals surface area contributed by atoms with Gasteiger partial charge in [-0.25, -0.2) is 0 Å². The Morgan fingerprint density at radius 2 is 2.14 bits per heavy atom. The Balaban J connectivity index is 3.83. The molecule has 84 valence electrons. The fraction of sp³-hybridized carbons (Fsp3) is 0.875. The van der Waals surface area contributed by atoms with Gasteiger partial charge in [0.2, 0.25) is 0 Å². The van der Waals surface area contributed by atoms with Crippen LogP contribution in [-0.4, -0.2) is 29.7 Å². The van der Waals surface area contributed by atoms with Crippen LogP contribution in [0.4, 0.5) is 0 Å². The van der Waals surface area contributed by atoms with E-state index in [1.54, 1.807) is 6.92 Å². The van der Waals surface area contributed by atoms with E-state index in [-0.39, 0.29) is 18.9 Å². The first-order chi connectivity index (χ1) is 6.37. The molecule has 0 saturated heterocycles. The lowest BCUT2D eigenvalue weighted by molar-refractivity contribution is -0.140. The molecule has 0 fully saturated rings. The number of carbonyl (C=O) groups is 1. The van der Waals surface area contributed by atoms with Crippen molar-refractivity contribution < 1.29 is 23.5 Å². The molecular formula is C8H17O5P. The van der Waals surface area contributed by atoms with Gasteiger partial charge < -0.3 is 14.2 Å². The zero-order valence-corrected chi connectivity index (χ0v) is 9.62. The Kier molecular flexibility index (Phi) is 6.00. The second-order valence-electron chi connectivity index (χ2n) is 3.03. The molecule has 2 unspecified atom stereocenters. The van der Waals surface area contributed by atoms with Crippen LogP contribution in [0, 0.1) is 0 Å². The van der Waals surface area contributed by atoms with Gasteiger partial charge in [-0.15, -0.1) is 0 Å². The first kappa shape index (κ1) is 13.6. The van der Waals surface area contributed by atoms with Crippen molar-refractivity contribution in [3.05, 3.63) is 0 Å². The highest BCUT2D eigenvalue weighted by molar-refractivity contribution is 7.52. The number of carbonyl (C=O) groups excluding carboxylic acids is 1. The van der Waals surface area contributed by atoms with Crippen molar-refractivity contribution in [2.45, 2.75) is 33.3 Å². The minimum atomic E-state index is -3.60. The van der Waals surface area contributed by atoms with Crippen molar-refractivity contribution in [2.75, 3.05) is 12.8 Å². The Bertz CT molecular complexity index is 228. The minimum absolute atomic E-state index is 0.0838. The second kappa shape index (κ2) is 6.17. The summed E-state index contributed by atoms with van der Waals surface area (Å²) in [7, 11) is -3.60. The molecule has 0 heterocycles. The van der Waals surface area contributed by atoms with Crippen molar-refractivity contribution in [3.63, 3.8) is 0 Å². The Morgan fingerprint density at radius 3 is 2.57 bits per heavy atom. The summed E-state index contributed by atoms with van der Waals surface area (Å²) >= 11 is 0. The van der Waals surface area contributed by atoms with Crippen LogP contribution < -0.4 is 0 Å². The molecule has 0 radical (unpaired) electrons. The quantitative estimate of drug-likeness (QED) is 0.547. The largest absolute Gasteiger partial charge is 0.465 e. The predicted octanol–water partition coefficient (Wildman–Crippen LogP) is 1.55. The zero-order chi connectivity index (χ0) is 11.2. The third kappa shape index (κ3) is 7.06. The lowest BCUT2D eigenvalue weighted by atomic mass is 10.3. The Hall–Kier alpha value is -0.380. The third-order valence-electron chi connectivity index (χ3n) is 1.60. The summed E-state index contributed by atoms with van der Waals surface area (Å²) in [6, 6.07) is 0. The predicted molar refractivity (Wildman–Crippen MR) is 52.2 cm³/mol. The Morgan fingerprint density at radius 1 is 1.57 bits per heavy atom. The summed E-state index contributed by atoms with van der Waals surface area (Å²) < 4.78 is 20.7. The van der Waals surface area contributed by atoms with Crippen LogP contribution in [0.25, 0.3) is 0 Å². The van der Waals surface area contributed by atoms with Gasteiger partial charge in [0.15, 0.2) is 0 Å². The summed E-state index contributed by atoms with van der Waals surface area (Å²) in [5, 5.41) is 0. The van der Waals surface area contributed by atoms with Crippen LogP contribution in [0.3, 0.4) is 0 Å². The molecule has 0 aromatic heterocycles. The molecule has 0 aromatic rings. The monoisotopic (exact) mass is 224 g/mol. The SMILES string of the molecule is CCC(C)OP(=O)(O)CCOC(C)=O. The molecule has 0 aromatic carbocycles. The molecule has 0 spiro atoms. The van der Waals surface area contributed by atoms with Crippen LogP contribution in [0.15, 0.2) is 0 Å². The van der Waals surface area contributed by atoms with Crippen LogP contribution in [0.1, 0.15) is 27.2 Å². The lowest BCUT2D eigenvalue weighted by Crippen LogP contribution is -2.10. The molecule has 0 aliphatic rings. The van der Waals surface area contributed by atoms with Crippen molar-refractivity contribution in [3.8, 4) is 0 Å². The molecule has 2 atom stereocenters. The topological polar surface area (TPSA) is 72.8 Å². The molecule has 5 nitrogen and oxygen atoms in total. The van der Waals surface area contributed by atoms with Crippen molar-refractivity contribution in [1.82, 2.24) is 0 Å². The fourth-order valence-corrected chi connectivity index (χ4v) is 1.85. The van der Waals surface area contributed by atoms with E-state index in [0.29, 0.717) is 6.42 Å². The fourth-order valence-electron chi connectivity index (χ4n) is 0.713. The normalized spacial score (nSPS) is 17.1. The number of rotatable bonds is 6. The lowest BCUT2D eigenvalue weighted by Gasteiger charge is -2.16. The van der Waals surface area contributed by atoms with Crippen molar-refractivity contribution in [1.29, 1.82) is 0 Å². The van der Waals surface area contributed by atoms with Gasteiger partial charge in [-0.3, -0.25) is 9.36 Å². The number of esters is 1. The standard InChI is InChI=1S/C8H17O5P/c1-4-7(2)13-14(10,11)6-5-12-8(3)9/h7H,4-6H2,1-3H3,(H,10,11). The highest BCUT2D eigenvalue weighted by atomic mass is 31.2. The van der Waals surface area contributed by atoms with E-state index >= 15 is 0 Å². The molecule has 0 aliphatic carbocycles. The first-order valence-corrected chi connectivity index (χ1v) is 6.27. The highest BCUT2D eigenvalue weighted by Crippen LogP contribution is 2.43. The van der Waals surface area contributed by atoms with Crippen LogP contribution in [0.5, 0.6) is 0 Å². The smallest absolute Gasteiger partial charge is 0.331 e. The van der Waals surface area contributed by atoms with Crippen LogP contribution in [0.2, 0.25) is 0 Å². The van der Waals surface area contributed by atoms with Crippen molar-refractivity contribution >= 4 is 13.6 Å². The van der Waals surface area contributed by atoms with E-state index in [9.17, 15) is 14.3 Å². The van der Waals surface area contributed by atoms with E-state index in [2.05, 4.69) is 4.74 Å². The second-order valence-corrected chi connectivity index (χ2v) is 4.96. The number of ether oxygens (including phenoxy) is 1. The maximum atomic E-state index is 11.3. The molecule has 6 heteroatoms. The molecule has 0 saturated carbocycles. The van der Waals surface area contributed by atoms with Gasteiger partial charge in [-0.05, 0) is 13.3 Å². The van der Waals surface area contributed by atoms with Gasteiger partial charge in [-0.1, -0.05) is 6.92 Å². The van der Waals surface area contributed by atoms with Gasteiger partial charge >= 0.3 is 13.6 Å². The van der Waals surface area contributed by atoms with E-state index < -0.39 is 13.6 Å². The summed E-state index contributed by atoms with van der Waals surface area (Å²) in [5.41, 5.74) is 0. The summed E-state index contributed by atoms with van der Waals surface area (Å²) in [6.45, 7) is 4.74. The minimum Gasteiger partial charge on any atom is -0.465 e. The summed E-state index contributed by atoms with van der Waals surface area (Å²) in [5.74, 6) is -0.464. The first-order valence-electron chi connectivity index (χ1n) is 4.51. The van der Waals surface area contributed by atoms with E-state index in [1.807, 2.05) is 6.92 Å². The van der Waals surface area contributed by atoms with Gasteiger partial charge in [-0.2, -0.15) is 0 Å². The molecular weight excluding hydrogens is 207 g/mol. The third-order valence-corrected chi connectivity index (χ3v) is 3.04. The molecule has 0 amide bonds. The molecule has 0 rings (SSSR count). The van der Waals surface area contributed by atoms with Gasteiger partial charge in [0.1, 0.15) is 6.61 Å². The van der Waals surface area contributed by atoms with E-state index in [0.717, 1.165) is 0 Å². The van der Waals surface area contributed by atoms with Crippen LogP contribution in [-0.2, 0) is 18.6 Å². The highest BCUT2D eigenvalue weighted by Gasteiger charge is 2.22. The van der Waals surface area contributed by atoms with Gasteiger partial charge in [0, 0.05) is 6.92 Å². The molecule has 1 N–H and O–H groups in total. The van der Waals surface area contributed by atoms with Gasteiger partial charge in [0.05, 0.1) is 12.3 Å². The number of hydrogen-bond donors (Lipinski definition) is 1. The molecule has 0 bridgehead atoms. The summed E-state index contributed by atoms with van der Waals surface area (Å²) in [4.78, 5) is 19.6. The molecule has 0 aliphatic heterocycles.